The van der Waals surface area contributed by atoms with Crippen LogP contribution < -0.4 is 5.32 Å². The van der Waals surface area contributed by atoms with E-state index < -0.39 is 0 Å². The zero-order valence-corrected chi connectivity index (χ0v) is 20.8. The van der Waals surface area contributed by atoms with Gasteiger partial charge in [0.05, 0.1) is 21.6 Å². The highest BCUT2D eigenvalue weighted by Gasteiger charge is 2.17. The van der Waals surface area contributed by atoms with Crippen molar-refractivity contribution in [1.29, 1.82) is 0 Å². The van der Waals surface area contributed by atoms with Crippen LogP contribution in [0.4, 0.5) is 5.69 Å². The van der Waals surface area contributed by atoms with Crippen LogP contribution in [-0.2, 0) is 0 Å². The van der Waals surface area contributed by atoms with Gasteiger partial charge in [-0.1, -0.05) is 6.07 Å². The first-order valence-corrected chi connectivity index (χ1v) is 12.4. The minimum absolute atomic E-state index is 0.0568. The lowest BCUT2D eigenvalue weighted by molar-refractivity contribution is 0.102. The molecule has 6 rings (SSSR count). The molecular weight excluding hydrogens is 470 g/mol. The molecule has 6 aromatic rings. The van der Waals surface area contributed by atoms with Crippen molar-refractivity contribution in [2.45, 2.75) is 26.8 Å². The molecular formula is C27H23N7OS. The van der Waals surface area contributed by atoms with Crippen molar-refractivity contribution in [3.8, 4) is 33.1 Å². The van der Waals surface area contributed by atoms with E-state index in [1.165, 1.54) is 11.3 Å². The summed E-state index contributed by atoms with van der Waals surface area (Å²) in [7, 11) is 0. The summed E-state index contributed by atoms with van der Waals surface area (Å²) in [4.78, 5) is 30.5. The smallest absolute Gasteiger partial charge is 0.178 e. The topological polar surface area (TPSA) is 112 Å². The molecule has 178 valence electrons. The maximum atomic E-state index is 11.8. The average Bonchev–Trinajstić information content (AvgIpc) is 3.60. The van der Waals surface area contributed by atoms with Gasteiger partial charge < -0.3 is 10.3 Å². The Morgan fingerprint density at radius 2 is 1.94 bits per heavy atom. The summed E-state index contributed by atoms with van der Waals surface area (Å²) in [6.07, 6.45) is 5.43. The number of hydrogen-bond acceptors (Lipinski definition) is 7. The fourth-order valence-corrected chi connectivity index (χ4v) is 5.22. The number of rotatable bonds is 6. The van der Waals surface area contributed by atoms with Crippen molar-refractivity contribution in [3.05, 3.63) is 65.9 Å². The number of H-pyrrole nitrogens is 2. The molecule has 0 saturated carbocycles. The third-order valence-corrected chi connectivity index (χ3v) is 7.14. The second-order valence-corrected chi connectivity index (χ2v) is 10.0. The lowest BCUT2D eigenvalue weighted by Crippen LogP contribution is -2.09. The van der Waals surface area contributed by atoms with E-state index in [0.29, 0.717) is 17.5 Å². The first-order valence-electron chi connectivity index (χ1n) is 11.6. The van der Waals surface area contributed by atoms with E-state index in [1.54, 1.807) is 13.1 Å². The van der Waals surface area contributed by atoms with Crippen LogP contribution >= 0.6 is 11.3 Å². The Hall–Kier alpha value is -4.37. The van der Waals surface area contributed by atoms with Gasteiger partial charge in [0.1, 0.15) is 5.69 Å². The van der Waals surface area contributed by atoms with E-state index in [-0.39, 0.29) is 5.78 Å². The van der Waals surface area contributed by atoms with Crippen LogP contribution in [0.3, 0.4) is 0 Å². The fourth-order valence-electron chi connectivity index (χ4n) is 4.28. The van der Waals surface area contributed by atoms with Crippen LogP contribution in [0.5, 0.6) is 0 Å². The number of anilines is 1. The number of benzene rings is 1. The number of aromatic amines is 2. The summed E-state index contributed by atoms with van der Waals surface area (Å²) >= 11 is 1.46. The normalized spacial score (nSPS) is 11.6. The van der Waals surface area contributed by atoms with Gasteiger partial charge in [-0.2, -0.15) is 5.10 Å². The number of carbonyl (C=O) groups is 1. The minimum Gasteiger partial charge on any atom is -0.382 e. The number of thiophene rings is 1. The van der Waals surface area contributed by atoms with Gasteiger partial charge in [-0.05, 0) is 62.7 Å². The number of nitrogens with zero attached hydrogens (tertiary/aromatic N) is 4. The molecule has 8 nitrogen and oxygen atoms in total. The second kappa shape index (κ2) is 8.69. The Morgan fingerprint density at radius 3 is 2.75 bits per heavy atom. The zero-order valence-electron chi connectivity index (χ0n) is 20.0. The molecule has 9 heteroatoms. The highest BCUT2D eigenvalue weighted by atomic mass is 32.1. The monoisotopic (exact) mass is 493 g/mol. The Bertz CT molecular complexity index is 1740. The van der Waals surface area contributed by atoms with Crippen LogP contribution in [0.1, 0.15) is 30.4 Å². The number of nitrogens with one attached hydrogen (secondary N) is 3. The van der Waals surface area contributed by atoms with Crippen molar-refractivity contribution < 1.29 is 4.79 Å². The van der Waals surface area contributed by atoms with Crippen LogP contribution in [0.25, 0.3) is 55.2 Å². The summed E-state index contributed by atoms with van der Waals surface area (Å²) < 4.78 is 0. The predicted molar refractivity (Wildman–Crippen MR) is 144 cm³/mol. The number of hydrogen-bond donors (Lipinski definition) is 3. The Balaban J connectivity index is 1.43. The fraction of sp³-hybridized carbons (Fsp3) is 0.148. The van der Waals surface area contributed by atoms with Crippen molar-refractivity contribution in [2.24, 2.45) is 0 Å². The number of imidazole rings is 1. The molecule has 0 saturated heterocycles. The molecule has 5 heterocycles. The van der Waals surface area contributed by atoms with Gasteiger partial charge in [-0.25, -0.2) is 9.97 Å². The van der Waals surface area contributed by atoms with E-state index in [0.717, 1.165) is 54.2 Å². The van der Waals surface area contributed by atoms with E-state index in [2.05, 4.69) is 62.5 Å². The van der Waals surface area contributed by atoms with Gasteiger partial charge in [0.25, 0.3) is 0 Å². The van der Waals surface area contributed by atoms with E-state index in [4.69, 9.17) is 4.98 Å². The summed E-state index contributed by atoms with van der Waals surface area (Å²) in [5.41, 5.74) is 7.03. The van der Waals surface area contributed by atoms with Crippen LogP contribution in [0, 0.1) is 0 Å². The third kappa shape index (κ3) is 3.93. The van der Waals surface area contributed by atoms with Gasteiger partial charge in [-0.3, -0.25) is 14.9 Å². The number of ketones is 1. The van der Waals surface area contributed by atoms with Gasteiger partial charge in [-0.15, -0.1) is 11.3 Å². The van der Waals surface area contributed by atoms with Crippen LogP contribution in [0.15, 0.2) is 61.1 Å². The standard InChI is InChI=1S/C27H23N7OS/c1-14(2)30-18-10-17(12-28-13-18)16-4-5-21-20(11-16)25(34-33-21)27-31-24-19(8-9-29-26(24)32-27)23-7-6-22(36-23)15(3)35/h4-14,30H,1-3H3,(H,33,34)(H,29,31,32). The zero-order chi connectivity index (χ0) is 24.8. The quantitative estimate of drug-likeness (QED) is 0.234. The molecule has 0 aliphatic carbocycles. The molecule has 0 aliphatic heterocycles. The summed E-state index contributed by atoms with van der Waals surface area (Å²) in [6.45, 7) is 5.78. The van der Waals surface area contributed by atoms with Gasteiger partial charge >= 0.3 is 0 Å². The van der Waals surface area contributed by atoms with E-state index in [1.807, 2.05) is 36.7 Å². The molecule has 1 aromatic carbocycles. The Morgan fingerprint density at radius 1 is 1.06 bits per heavy atom. The molecule has 0 radical (unpaired) electrons. The number of fused-ring (bicyclic) bond motifs is 2. The van der Waals surface area contributed by atoms with Crippen molar-refractivity contribution in [2.75, 3.05) is 5.32 Å². The third-order valence-electron chi connectivity index (χ3n) is 5.92. The largest absolute Gasteiger partial charge is 0.382 e. The van der Waals surface area contributed by atoms with E-state index in [9.17, 15) is 4.79 Å². The first-order chi connectivity index (χ1) is 17.5. The molecule has 0 bridgehead atoms. The lowest BCUT2D eigenvalue weighted by Gasteiger charge is -2.11. The maximum Gasteiger partial charge on any atom is 0.178 e. The van der Waals surface area contributed by atoms with E-state index >= 15 is 0 Å². The van der Waals surface area contributed by atoms with Gasteiger partial charge in [0, 0.05) is 46.0 Å². The Labute approximate surface area is 210 Å². The van der Waals surface area contributed by atoms with Crippen molar-refractivity contribution in [1.82, 2.24) is 30.1 Å². The minimum atomic E-state index is 0.0568. The molecule has 0 amide bonds. The van der Waals surface area contributed by atoms with Crippen LogP contribution in [-0.4, -0.2) is 42.0 Å². The molecule has 0 aliphatic rings. The second-order valence-electron chi connectivity index (χ2n) is 8.96. The van der Waals surface area contributed by atoms with Crippen molar-refractivity contribution in [3.63, 3.8) is 0 Å². The molecule has 36 heavy (non-hydrogen) atoms. The summed E-state index contributed by atoms with van der Waals surface area (Å²) in [5.74, 6) is 0.686. The van der Waals surface area contributed by atoms with Gasteiger partial charge in [0.2, 0.25) is 0 Å². The number of aromatic nitrogens is 6. The number of Topliss-reactive ketones (excluding diaryl/α,β-unsaturated/α-hetero) is 1. The summed E-state index contributed by atoms with van der Waals surface area (Å²) in [6, 6.07) is 14.4. The first kappa shape index (κ1) is 22.1. The summed E-state index contributed by atoms with van der Waals surface area (Å²) in [5, 5.41) is 12.0. The highest BCUT2D eigenvalue weighted by Crippen LogP contribution is 2.35. The SMILES string of the molecule is CC(=O)c1ccc(-c2ccnc3nc(-c4n[nH]c5ccc(-c6cncc(NC(C)C)c6)cc45)[nH]c23)s1. The van der Waals surface area contributed by atoms with Crippen LogP contribution in [0.2, 0.25) is 0 Å². The average molecular weight is 494 g/mol. The number of carbonyl (C=O) groups excluding carboxylic acids is 1. The highest BCUT2D eigenvalue weighted by molar-refractivity contribution is 7.17. The predicted octanol–water partition coefficient (Wildman–Crippen LogP) is 6.31. The molecule has 0 atom stereocenters. The molecule has 3 N–H and O–H groups in total. The maximum absolute atomic E-state index is 11.8. The molecule has 5 aromatic heterocycles. The Kier molecular flexibility index (Phi) is 5.34. The molecule has 0 fully saturated rings. The lowest BCUT2D eigenvalue weighted by atomic mass is 10.0. The van der Waals surface area contributed by atoms with Crippen molar-refractivity contribution >= 4 is 44.9 Å². The van der Waals surface area contributed by atoms with Gasteiger partial charge in [0.15, 0.2) is 17.3 Å². The molecule has 0 unspecified atom stereocenters. The molecule has 0 spiro atoms. The number of pyridine rings is 2.